The first-order chi connectivity index (χ1) is 12.7. The third-order valence-electron chi connectivity index (χ3n) is 5.38. The summed E-state index contributed by atoms with van der Waals surface area (Å²) in [5.74, 6) is 0. The fourth-order valence-electron chi connectivity index (χ4n) is 4.15. The lowest BCUT2D eigenvalue weighted by molar-refractivity contribution is 0.207. The number of aryl methyl sites for hydroxylation is 1. The zero-order valence-electron chi connectivity index (χ0n) is 15.3. The molecule has 1 nitrogen and oxygen atoms in total. The average molecular weight is 382 g/mol. The van der Waals surface area contributed by atoms with Crippen LogP contribution in [-0.4, -0.2) is 11.4 Å². The Labute approximate surface area is 165 Å². The fourth-order valence-corrected chi connectivity index (χ4v) is 5.74. The van der Waals surface area contributed by atoms with Crippen LogP contribution in [-0.2, 0) is 19.4 Å². The Kier molecular flexibility index (Phi) is 5.17. The van der Waals surface area contributed by atoms with Crippen LogP contribution in [0, 0.1) is 6.92 Å². The van der Waals surface area contributed by atoms with E-state index in [4.69, 9.17) is 11.6 Å². The van der Waals surface area contributed by atoms with Crippen LogP contribution in [0.1, 0.15) is 45.0 Å². The standard InChI is InChI=1S/C23H24ClNS/c1-3-20-16(2)26-23-21(20)13-14-25(15-17-9-11-19(24)12-10-17)22(23)18-7-5-4-6-8-18/h4-12,22H,3,13-15H2,1-2H3. The summed E-state index contributed by atoms with van der Waals surface area (Å²) in [7, 11) is 0. The summed E-state index contributed by atoms with van der Waals surface area (Å²) in [5.41, 5.74) is 5.90. The van der Waals surface area contributed by atoms with Crippen LogP contribution in [0.25, 0.3) is 0 Å². The molecule has 0 radical (unpaired) electrons. The molecule has 4 rings (SSSR count). The minimum atomic E-state index is 0.347. The van der Waals surface area contributed by atoms with Crippen molar-refractivity contribution < 1.29 is 0 Å². The molecule has 0 saturated heterocycles. The van der Waals surface area contributed by atoms with Gasteiger partial charge >= 0.3 is 0 Å². The van der Waals surface area contributed by atoms with Crippen LogP contribution in [0.5, 0.6) is 0 Å². The molecular weight excluding hydrogens is 358 g/mol. The Morgan fingerprint density at radius 2 is 1.81 bits per heavy atom. The van der Waals surface area contributed by atoms with Crippen LogP contribution in [0.2, 0.25) is 5.02 Å². The number of fused-ring (bicyclic) bond motifs is 1. The van der Waals surface area contributed by atoms with Crippen LogP contribution in [0.4, 0.5) is 0 Å². The highest BCUT2D eigenvalue weighted by Gasteiger charge is 2.32. The maximum absolute atomic E-state index is 6.07. The van der Waals surface area contributed by atoms with Crippen molar-refractivity contribution in [2.24, 2.45) is 0 Å². The molecule has 0 N–H and O–H groups in total. The minimum absolute atomic E-state index is 0.347. The molecule has 134 valence electrons. The van der Waals surface area contributed by atoms with Gasteiger partial charge in [0.05, 0.1) is 6.04 Å². The molecule has 1 unspecified atom stereocenters. The molecule has 2 aromatic carbocycles. The van der Waals surface area contributed by atoms with Crippen molar-refractivity contribution in [1.29, 1.82) is 0 Å². The lowest BCUT2D eigenvalue weighted by Crippen LogP contribution is -2.35. The molecule has 3 aromatic rings. The summed E-state index contributed by atoms with van der Waals surface area (Å²) in [6.45, 7) is 6.62. The summed E-state index contributed by atoms with van der Waals surface area (Å²) >= 11 is 8.07. The summed E-state index contributed by atoms with van der Waals surface area (Å²) in [6.07, 6.45) is 2.29. The van der Waals surface area contributed by atoms with Crippen LogP contribution in [0.3, 0.4) is 0 Å². The third-order valence-corrected chi connectivity index (χ3v) is 6.87. The highest BCUT2D eigenvalue weighted by atomic mass is 35.5. The van der Waals surface area contributed by atoms with Gasteiger partial charge in [-0.3, -0.25) is 4.90 Å². The number of halogens is 1. The summed E-state index contributed by atoms with van der Waals surface area (Å²) in [5, 5.41) is 0.802. The van der Waals surface area contributed by atoms with Gasteiger partial charge in [-0.25, -0.2) is 0 Å². The molecule has 1 aromatic heterocycles. The van der Waals surface area contributed by atoms with E-state index < -0.39 is 0 Å². The van der Waals surface area contributed by atoms with Crippen molar-refractivity contribution in [3.8, 4) is 0 Å². The van der Waals surface area contributed by atoms with E-state index >= 15 is 0 Å². The predicted octanol–water partition coefficient (Wildman–Crippen LogP) is 6.42. The first-order valence-electron chi connectivity index (χ1n) is 9.32. The van der Waals surface area contributed by atoms with Crippen molar-refractivity contribution in [1.82, 2.24) is 4.90 Å². The van der Waals surface area contributed by atoms with E-state index in [1.807, 2.05) is 23.5 Å². The molecular formula is C23H24ClNS. The lowest BCUT2D eigenvalue weighted by atomic mass is 9.91. The number of hydrogen-bond donors (Lipinski definition) is 0. The van der Waals surface area contributed by atoms with E-state index in [0.717, 1.165) is 31.0 Å². The first-order valence-corrected chi connectivity index (χ1v) is 10.5. The summed E-state index contributed by atoms with van der Waals surface area (Å²) in [4.78, 5) is 5.66. The molecule has 26 heavy (non-hydrogen) atoms. The Morgan fingerprint density at radius 3 is 2.50 bits per heavy atom. The van der Waals surface area contributed by atoms with Gasteiger partial charge in [0.25, 0.3) is 0 Å². The van der Waals surface area contributed by atoms with Gasteiger partial charge in [0.15, 0.2) is 0 Å². The largest absolute Gasteiger partial charge is 0.287 e. The van der Waals surface area contributed by atoms with Crippen LogP contribution >= 0.6 is 22.9 Å². The van der Waals surface area contributed by atoms with Gasteiger partial charge in [-0.2, -0.15) is 0 Å². The van der Waals surface area contributed by atoms with Gasteiger partial charge in [-0.15, -0.1) is 11.3 Å². The molecule has 0 fully saturated rings. The van der Waals surface area contributed by atoms with Crippen molar-refractivity contribution in [2.75, 3.05) is 6.54 Å². The van der Waals surface area contributed by atoms with Gasteiger partial charge in [-0.05, 0) is 54.2 Å². The van der Waals surface area contributed by atoms with Gasteiger partial charge < -0.3 is 0 Å². The molecule has 0 aliphatic carbocycles. The number of hydrogen-bond acceptors (Lipinski definition) is 2. The molecule has 3 heteroatoms. The summed E-state index contributed by atoms with van der Waals surface area (Å²) < 4.78 is 0. The second kappa shape index (κ2) is 7.56. The average Bonchev–Trinajstić information content (AvgIpc) is 2.99. The number of nitrogens with zero attached hydrogens (tertiary/aromatic N) is 1. The minimum Gasteiger partial charge on any atom is -0.287 e. The smallest absolute Gasteiger partial charge is 0.0702 e. The molecule has 0 saturated carbocycles. The number of thiophene rings is 1. The second-order valence-electron chi connectivity index (χ2n) is 6.99. The van der Waals surface area contributed by atoms with E-state index in [1.165, 1.54) is 16.0 Å². The van der Waals surface area contributed by atoms with E-state index in [-0.39, 0.29) is 0 Å². The predicted molar refractivity (Wildman–Crippen MR) is 112 cm³/mol. The Morgan fingerprint density at radius 1 is 1.08 bits per heavy atom. The monoisotopic (exact) mass is 381 g/mol. The Bertz CT molecular complexity index is 883. The quantitative estimate of drug-likeness (QED) is 0.504. The van der Waals surface area contributed by atoms with Gasteiger partial charge in [0.2, 0.25) is 0 Å². The van der Waals surface area contributed by atoms with Crippen molar-refractivity contribution in [3.05, 3.63) is 91.6 Å². The highest BCUT2D eigenvalue weighted by Crippen LogP contribution is 2.43. The lowest BCUT2D eigenvalue weighted by Gasteiger charge is -2.36. The van der Waals surface area contributed by atoms with Crippen LogP contribution < -0.4 is 0 Å². The molecule has 0 bridgehead atoms. The molecule has 1 atom stereocenters. The first kappa shape index (κ1) is 17.8. The number of benzene rings is 2. The maximum atomic E-state index is 6.07. The molecule has 0 spiro atoms. The van der Waals surface area contributed by atoms with Gasteiger partial charge in [0, 0.05) is 27.9 Å². The third kappa shape index (κ3) is 3.34. The zero-order valence-corrected chi connectivity index (χ0v) is 16.9. The molecule has 2 heterocycles. The Hall–Kier alpha value is -1.61. The zero-order chi connectivity index (χ0) is 18.1. The molecule has 0 amide bonds. The molecule has 1 aliphatic heterocycles. The fraction of sp³-hybridized carbons (Fsp3) is 0.304. The second-order valence-corrected chi connectivity index (χ2v) is 8.69. The maximum Gasteiger partial charge on any atom is 0.0702 e. The van der Waals surface area contributed by atoms with Gasteiger partial charge in [-0.1, -0.05) is 61.0 Å². The van der Waals surface area contributed by atoms with E-state index in [9.17, 15) is 0 Å². The van der Waals surface area contributed by atoms with Crippen molar-refractivity contribution >= 4 is 22.9 Å². The van der Waals surface area contributed by atoms with Crippen molar-refractivity contribution in [3.63, 3.8) is 0 Å². The van der Waals surface area contributed by atoms with Crippen molar-refractivity contribution in [2.45, 2.75) is 39.3 Å². The molecule has 1 aliphatic rings. The van der Waals surface area contributed by atoms with E-state index in [0.29, 0.717) is 6.04 Å². The normalized spacial score (nSPS) is 17.3. The Balaban J connectivity index is 1.75. The summed E-state index contributed by atoms with van der Waals surface area (Å²) in [6, 6.07) is 19.6. The van der Waals surface area contributed by atoms with E-state index in [2.05, 4.69) is 61.2 Å². The van der Waals surface area contributed by atoms with Gasteiger partial charge in [0.1, 0.15) is 0 Å². The number of rotatable bonds is 4. The topological polar surface area (TPSA) is 3.24 Å². The van der Waals surface area contributed by atoms with E-state index in [1.54, 1.807) is 16.0 Å². The SMILES string of the molecule is CCc1c(C)sc2c1CCN(Cc1ccc(Cl)cc1)C2c1ccccc1. The van der Waals surface area contributed by atoms with Crippen LogP contribution in [0.15, 0.2) is 54.6 Å². The highest BCUT2D eigenvalue weighted by molar-refractivity contribution is 7.12.